The van der Waals surface area contributed by atoms with Crippen LogP contribution in [0.15, 0.2) is 24.3 Å². The van der Waals surface area contributed by atoms with Gasteiger partial charge in [-0.3, -0.25) is 0 Å². The molecule has 1 aromatic carbocycles. The molecule has 3 N–H and O–H groups in total. The van der Waals surface area contributed by atoms with Crippen molar-refractivity contribution in [2.24, 2.45) is 5.73 Å². The van der Waals surface area contributed by atoms with Crippen molar-refractivity contribution >= 4 is 0 Å². The van der Waals surface area contributed by atoms with Gasteiger partial charge in [-0.05, 0) is 31.9 Å². The van der Waals surface area contributed by atoms with Crippen molar-refractivity contribution in [2.45, 2.75) is 38.8 Å². The van der Waals surface area contributed by atoms with Crippen molar-refractivity contribution in [2.75, 3.05) is 0 Å². The van der Waals surface area contributed by atoms with Gasteiger partial charge in [0.25, 0.3) is 0 Å². The molecule has 0 aliphatic carbocycles. The molecule has 1 rings (SSSR count). The van der Waals surface area contributed by atoms with Crippen LogP contribution in [0, 0.1) is 0 Å². The number of aliphatic hydroxyl groups is 1. The Hall–Kier alpha value is -0.860. The van der Waals surface area contributed by atoms with E-state index in [0.717, 1.165) is 11.1 Å². The molecule has 0 spiro atoms. The zero-order valence-corrected chi connectivity index (χ0v) is 9.12. The minimum atomic E-state index is -0.676. The normalized spacial score (nSPS) is 14.1. The van der Waals surface area contributed by atoms with Crippen molar-refractivity contribution in [1.82, 2.24) is 0 Å². The third kappa shape index (κ3) is 3.13. The third-order valence-corrected chi connectivity index (χ3v) is 2.17. The Morgan fingerprint density at radius 2 is 1.93 bits per heavy atom. The molecular weight excluding hydrogens is 174 g/mol. The fourth-order valence-corrected chi connectivity index (χ4v) is 1.61. The third-order valence-electron chi connectivity index (χ3n) is 2.17. The highest BCUT2D eigenvalue weighted by atomic mass is 16.3. The predicted octanol–water partition coefficient (Wildman–Crippen LogP) is 2.02. The van der Waals surface area contributed by atoms with E-state index in [4.69, 9.17) is 5.73 Å². The first-order chi connectivity index (χ1) is 6.40. The minimum absolute atomic E-state index is 0.0218. The highest BCUT2D eigenvalue weighted by Gasteiger charge is 2.16. The van der Waals surface area contributed by atoms with Crippen LogP contribution in [-0.2, 0) is 6.42 Å². The standard InChI is InChI=1S/C12H19NO/c1-9(13)11-7-5-4-6-10(11)8-12(2,3)14/h4-7,9,14H,8,13H2,1-3H3. The summed E-state index contributed by atoms with van der Waals surface area (Å²) in [4.78, 5) is 0. The van der Waals surface area contributed by atoms with E-state index >= 15 is 0 Å². The van der Waals surface area contributed by atoms with Gasteiger partial charge >= 0.3 is 0 Å². The van der Waals surface area contributed by atoms with Gasteiger partial charge in [-0.2, -0.15) is 0 Å². The van der Waals surface area contributed by atoms with Gasteiger partial charge in [0, 0.05) is 12.5 Å². The lowest BCUT2D eigenvalue weighted by molar-refractivity contribution is 0.0807. The van der Waals surface area contributed by atoms with Gasteiger partial charge in [0.1, 0.15) is 0 Å². The second kappa shape index (κ2) is 4.11. The summed E-state index contributed by atoms with van der Waals surface area (Å²) in [6, 6.07) is 8.02. The molecule has 2 nitrogen and oxygen atoms in total. The van der Waals surface area contributed by atoms with Crippen molar-refractivity contribution in [1.29, 1.82) is 0 Å². The minimum Gasteiger partial charge on any atom is -0.390 e. The van der Waals surface area contributed by atoms with Crippen LogP contribution in [0.1, 0.15) is 37.9 Å². The molecule has 1 atom stereocenters. The van der Waals surface area contributed by atoms with Crippen LogP contribution in [0.4, 0.5) is 0 Å². The molecule has 0 heterocycles. The van der Waals surface area contributed by atoms with Crippen molar-refractivity contribution < 1.29 is 5.11 Å². The molecule has 78 valence electrons. The Morgan fingerprint density at radius 3 is 2.43 bits per heavy atom. The van der Waals surface area contributed by atoms with Crippen molar-refractivity contribution in [3.05, 3.63) is 35.4 Å². The van der Waals surface area contributed by atoms with Crippen molar-refractivity contribution in [3.8, 4) is 0 Å². The lowest BCUT2D eigenvalue weighted by Crippen LogP contribution is -2.23. The smallest absolute Gasteiger partial charge is 0.0632 e. The van der Waals surface area contributed by atoms with Gasteiger partial charge < -0.3 is 10.8 Å². The Balaban J connectivity index is 2.96. The van der Waals surface area contributed by atoms with E-state index in [1.807, 2.05) is 45.0 Å². The molecule has 0 aromatic heterocycles. The highest BCUT2D eigenvalue weighted by Crippen LogP contribution is 2.20. The quantitative estimate of drug-likeness (QED) is 0.771. The largest absolute Gasteiger partial charge is 0.390 e. The van der Waals surface area contributed by atoms with Gasteiger partial charge in [0.15, 0.2) is 0 Å². The Morgan fingerprint density at radius 1 is 1.36 bits per heavy atom. The van der Waals surface area contributed by atoms with E-state index in [2.05, 4.69) is 0 Å². The molecule has 0 saturated heterocycles. The number of hydrogen-bond donors (Lipinski definition) is 2. The highest BCUT2D eigenvalue weighted by molar-refractivity contribution is 5.30. The van der Waals surface area contributed by atoms with E-state index in [1.54, 1.807) is 0 Å². The summed E-state index contributed by atoms with van der Waals surface area (Å²) in [6.45, 7) is 5.58. The van der Waals surface area contributed by atoms with E-state index < -0.39 is 5.60 Å². The molecule has 2 heteroatoms. The zero-order valence-electron chi connectivity index (χ0n) is 9.12. The van der Waals surface area contributed by atoms with E-state index in [-0.39, 0.29) is 6.04 Å². The summed E-state index contributed by atoms with van der Waals surface area (Å²) >= 11 is 0. The Bertz CT molecular complexity index is 299. The van der Waals surface area contributed by atoms with Crippen molar-refractivity contribution in [3.63, 3.8) is 0 Å². The topological polar surface area (TPSA) is 46.2 Å². The average molecular weight is 193 g/mol. The molecule has 1 aromatic rings. The number of rotatable bonds is 3. The lowest BCUT2D eigenvalue weighted by Gasteiger charge is -2.20. The van der Waals surface area contributed by atoms with Crippen LogP contribution >= 0.6 is 0 Å². The summed E-state index contributed by atoms with van der Waals surface area (Å²) in [5.74, 6) is 0. The maximum absolute atomic E-state index is 9.74. The maximum atomic E-state index is 9.74. The van der Waals surface area contributed by atoms with Crippen LogP contribution in [-0.4, -0.2) is 10.7 Å². The summed E-state index contributed by atoms with van der Waals surface area (Å²) in [5, 5.41) is 9.74. The first-order valence-corrected chi connectivity index (χ1v) is 4.96. The molecule has 14 heavy (non-hydrogen) atoms. The average Bonchev–Trinajstić information content (AvgIpc) is 2.01. The van der Waals surface area contributed by atoms with Gasteiger partial charge in [0.2, 0.25) is 0 Å². The number of hydrogen-bond acceptors (Lipinski definition) is 2. The maximum Gasteiger partial charge on any atom is 0.0632 e. The molecule has 0 radical (unpaired) electrons. The summed E-state index contributed by atoms with van der Waals surface area (Å²) in [5.41, 5.74) is 7.43. The van der Waals surface area contributed by atoms with Crippen LogP contribution in [0.2, 0.25) is 0 Å². The molecule has 0 amide bonds. The lowest BCUT2D eigenvalue weighted by atomic mass is 9.92. The number of benzene rings is 1. The van der Waals surface area contributed by atoms with Gasteiger partial charge in [0.05, 0.1) is 5.60 Å². The summed E-state index contributed by atoms with van der Waals surface area (Å²) in [7, 11) is 0. The SMILES string of the molecule is CC(N)c1ccccc1CC(C)(C)O. The van der Waals surface area contributed by atoms with E-state index in [9.17, 15) is 5.11 Å². The van der Waals surface area contributed by atoms with Crippen LogP contribution in [0.25, 0.3) is 0 Å². The molecule has 0 bridgehead atoms. The summed E-state index contributed by atoms with van der Waals surface area (Å²) < 4.78 is 0. The van der Waals surface area contributed by atoms with Gasteiger partial charge in [-0.25, -0.2) is 0 Å². The second-order valence-corrected chi connectivity index (χ2v) is 4.48. The Kier molecular flexibility index (Phi) is 3.29. The zero-order chi connectivity index (χ0) is 10.8. The van der Waals surface area contributed by atoms with Crippen LogP contribution in [0.5, 0.6) is 0 Å². The molecule has 0 saturated carbocycles. The summed E-state index contributed by atoms with van der Waals surface area (Å²) in [6.07, 6.45) is 0.644. The molecule has 1 unspecified atom stereocenters. The fourth-order valence-electron chi connectivity index (χ4n) is 1.61. The molecule has 0 fully saturated rings. The molecule has 0 aliphatic rings. The predicted molar refractivity (Wildman–Crippen MR) is 59.0 cm³/mol. The Labute approximate surface area is 85.8 Å². The van der Waals surface area contributed by atoms with Gasteiger partial charge in [-0.1, -0.05) is 24.3 Å². The monoisotopic (exact) mass is 193 g/mol. The number of nitrogens with two attached hydrogens (primary N) is 1. The molecule has 0 aliphatic heterocycles. The van der Waals surface area contributed by atoms with E-state index in [1.165, 1.54) is 0 Å². The van der Waals surface area contributed by atoms with Crippen LogP contribution in [0.3, 0.4) is 0 Å². The van der Waals surface area contributed by atoms with E-state index in [0.29, 0.717) is 6.42 Å². The fraction of sp³-hybridized carbons (Fsp3) is 0.500. The molecular formula is C12H19NO. The first kappa shape index (κ1) is 11.2. The van der Waals surface area contributed by atoms with Gasteiger partial charge in [-0.15, -0.1) is 0 Å². The van der Waals surface area contributed by atoms with Crippen LogP contribution < -0.4 is 5.73 Å². The first-order valence-electron chi connectivity index (χ1n) is 4.96. The second-order valence-electron chi connectivity index (χ2n) is 4.48.